The van der Waals surface area contributed by atoms with Gasteiger partial charge in [0, 0.05) is 13.6 Å². The van der Waals surface area contributed by atoms with E-state index >= 15 is 0 Å². The number of carboxylic acids is 1. The molecule has 1 amide bonds. The molecule has 1 aromatic carbocycles. The Bertz CT molecular complexity index is 518. The number of likely N-dealkylation sites (N-methyl/N-ethyl adjacent to an activating group) is 1. The topological polar surface area (TPSA) is 69.6 Å². The van der Waals surface area contributed by atoms with Gasteiger partial charge in [0.25, 0.3) is 0 Å². The summed E-state index contributed by atoms with van der Waals surface area (Å²) in [6.07, 6.45) is -4.46. The fourth-order valence-corrected chi connectivity index (χ4v) is 1.75. The minimum absolute atomic E-state index is 0.0658. The number of nitrogens with one attached hydrogen (secondary N) is 1. The molecule has 1 rings (SSSR count). The molecule has 1 aromatic rings. The van der Waals surface area contributed by atoms with Crippen LogP contribution in [0.1, 0.15) is 11.1 Å². The van der Waals surface area contributed by atoms with Gasteiger partial charge in [-0.1, -0.05) is 18.2 Å². The van der Waals surface area contributed by atoms with Gasteiger partial charge in [-0.05, 0) is 11.6 Å². The average molecular weight is 304 g/mol. The van der Waals surface area contributed by atoms with E-state index in [0.717, 1.165) is 12.1 Å². The van der Waals surface area contributed by atoms with E-state index in [-0.39, 0.29) is 18.7 Å². The van der Waals surface area contributed by atoms with Gasteiger partial charge in [0.05, 0.1) is 18.7 Å². The molecule has 0 spiro atoms. The Hall–Kier alpha value is -2.09. The lowest BCUT2D eigenvalue weighted by molar-refractivity contribution is -0.139. The van der Waals surface area contributed by atoms with Crippen LogP contribution < -0.4 is 5.32 Å². The molecule has 0 saturated carbocycles. The normalized spacial score (nSPS) is 11.5. The van der Waals surface area contributed by atoms with Crippen LogP contribution in [0.15, 0.2) is 24.3 Å². The fourth-order valence-electron chi connectivity index (χ4n) is 1.75. The van der Waals surface area contributed by atoms with Crippen molar-refractivity contribution in [3.05, 3.63) is 35.4 Å². The predicted octanol–water partition coefficient (Wildman–Crippen LogP) is 1.34. The van der Waals surface area contributed by atoms with E-state index in [9.17, 15) is 22.8 Å². The van der Waals surface area contributed by atoms with Gasteiger partial charge in [-0.25, -0.2) is 0 Å². The Labute approximate surface area is 119 Å². The van der Waals surface area contributed by atoms with Crippen LogP contribution in [0.4, 0.5) is 13.2 Å². The van der Waals surface area contributed by atoms with Crippen LogP contribution in [-0.2, 0) is 22.3 Å². The monoisotopic (exact) mass is 304 g/mol. The summed E-state index contributed by atoms with van der Waals surface area (Å²) in [5.41, 5.74) is -0.523. The minimum atomic E-state index is -4.46. The predicted molar refractivity (Wildman–Crippen MR) is 68.4 cm³/mol. The second-order valence-corrected chi connectivity index (χ2v) is 4.41. The standard InChI is InChI=1S/C13H15F3N2O3/c1-17-11(19)7-18(8-12(20)21)6-9-3-2-4-10(5-9)13(14,15)16/h2-5H,6-8H2,1H3,(H,17,19)(H,20,21). The molecular weight excluding hydrogens is 289 g/mol. The lowest BCUT2D eigenvalue weighted by Crippen LogP contribution is -2.38. The number of carbonyl (C=O) groups is 2. The second kappa shape index (κ2) is 7.07. The van der Waals surface area contributed by atoms with Crippen molar-refractivity contribution in [2.45, 2.75) is 12.7 Å². The van der Waals surface area contributed by atoms with Gasteiger partial charge < -0.3 is 10.4 Å². The van der Waals surface area contributed by atoms with Crippen molar-refractivity contribution in [3.63, 3.8) is 0 Å². The summed E-state index contributed by atoms with van der Waals surface area (Å²) in [6.45, 7) is -0.716. The Kier molecular flexibility index (Phi) is 5.71. The van der Waals surface area contributed by atoms with Crippen molar-refractivity contribution >= 4 is 11.9 Å². The second-order valence-electron chi connectivity index (χ2n) is 4.41. The highest BCUT2D eigenvalue weighted by Gasteiger charge is 2.30. The molecule has 2 N–H and O–H groups in total. The van der Waals surface area contributed by atoms with Gasteiger partial charge in [-0.3, -0.25) is 14.5 Å². The average Bonchev–Trinajstić information content (AvgIpc) is 2.37. The van der Waals surface area contributed by atoms with Gasteiger partial charge in [-0.2, -0.15) is 13.2 Å². The van der Waals surface area contributed by atoms with E-state index in [1.165, 1.54) is 24.1 Å². The fraction of sp³-hybridized carbons (Fsp3) is 0.385. The zero-order chi connectivity index (χ0) is 16.0. The Morgan fingerprint density at radius 3 is 2.48 bits per heavy atom. The number of halogens is 3. The molecule has 0 aromatic heterocycles. The molecule has 0 fully saturated rings. The third kappa shape index (κ3) is 5.82. The smallest absolute Gasteiger partial charge is 0.416 e. The molecule has 5 nitrogen and oxygen atoms in total. The summed E-state index contributed by atoms with van der Waals surface area (Å²) in [5, 5.41) is 11.1. The highest BCUT2D eigenvalue weighted by atomic mass is 19.4. The van der Waals surface area contributed by atoms with Crippen molar-refractivity contribution in [2.24, 2.45) is 0 Å². The van der Waals surface area contributed by atoms with Crippen LogP contribution in [0.25, 0.3) is 0 Å². The van der Waals surface area contributed by atoms with E-state index < -0.39 is 30.2 Å². The molecule has 21 heavy (non-hydrogen) atoms. The number of benzene rings is 1. The van der Waals surface area contributed by atoms with Crippen molar-refractivity contribution < 1.29 is 27.9 Å². The van der Waals surface area contributed by atoms with Gasteiger partial charge >= 0.3 is 12.1 Å². The molecule has 0 atom stereocenters. The number of hydrogen-bond donors (Lipinski definition) is 2. The highest BCUT2D eigenvalue weighted by molar-refractivity contribution is 5.78. The molecule has 0 aliphatic heterocycles. The quantitative estimate of drug-likeness (QED) is 0.832. The van der Waals surface area contributed by atoms with E-state index in [0.29, 0.717) is 0 Å². The van der Waals surface area contributed by atoms with Gasteiger partial charge in [0.2, 0.25) is 5.91 Å². The first-order valence-corrected chi connectivity index (χ1v) is 6.03. The molecule has 0 aliphatic carbocycles. The van der Waals surface area contributed by atoms with Crippen LogP contribution in [0.3, 0.4) is 0 Å². The lowest BCUT2D eigenvalue weighted by Gasteiger charge is -2.20. The molecule has 0 unspecified atom stereocenters. The number of carboxylic acid groups (broad SMARTS) is 1. The zero-order valence-electron chi connectivity index (χ0n) is 11.3. The first-order chi connectivity index (χ1) is 9.72. The number of hydrogen-bond acceptors (Lipinski definition) is 3. The summed E-state index contributed by atoms with van der Waals surface area (Å²) < 4.78 is 37.8. The first-order valence-electron chi connectivity index (χ1n) is 6.03. The van der Waals surface area contributed by atoms with Crippen LogP contribution in [0.5, 0.6) is 0 Å². The Morgan fingerprint density at radius 1 is 1.29 bits per heavy atom. The number of rotatable bonds is 6. The maximum Gasteiger partial charge on any atom is 0.416 e. The molecular formula is C13H15F3N2O3. The molecule has 8 heteroatoms. The molecule has 116 valence electrons. The van der Waals surface area contributed by atoms with Crippen LogP contribution >= 0.6 is 0 Å². The number of carbonyl (C=O) groups excluding carboxylic acids is 1. The first kappa shape index (κ1) is 17.0. The summed E-state index contributed by atoms with van der Waals surface area (Å²) >= 11 is 0. The third-order valence-corrected chi connectivity index (χ3v) is 2.67. The molecule has 0 aliphatic rings. The van der Waals surface area contributed by atoms with E-state index in [1.807, 2.05) is 0 Å². The van der Waals surface area contributed by atoms with Crippen molar-refractivity contribution in [1.29, 1.82) is 0 Å². The number of alkyl halides is 3. The zero-order valence-corrected chi connectivity index (χ0v) is 11.3. The van der Waals surface area contributed by atoms with Gasteiger partial charge in [0.15, 0.2) is 0 Å². The SMILES string of the molecule is CNC(=O)CN(CC(=O)O)Cc1cccc(C(F)(F)F)c1. The minimum Gasteiger partial charge on any atom is -0.480 e. The summed E-state index contributed by atoms with van der Waals surface area (Å²) in [4.78, 5) is 23.3. The van der Waals surface area contributed by atoms with E-state index in [1.54, 1.807) is 0 Å². The number of amides is 1. The number of nitrogens with zero attached hydrogens (tertiary/aromatic N) is 1. The Balaban J connectivity index is 2.87. The van der Waals surface area contributed by atoms with Crippen LogP contribution in [0.2, 0.25) is 0 Å². The van der Waals surface area contributed by atoms with Crippen molar-refractivity contribution in [2.75, 3.05) is 20.1 Å². The van der Waals surface area contributed by atoms with E-state index in [4.69, 9.17) is 5.11 Å². The van der Waals surface area contributed by atoms with E-state index in [2.05, 4.69) is 5.32 Å². The molecule has 0 saturated heterocycles. The summed E-state index contributed by atoms with van der Waals surface area (Å²) in [7, 11) is 1.39. The van der Waals surface area contributed by atoms with Gasteiger partial charge in [0.1, 0.15) is 0 Å². The molecule has 0 heterocycles. The van der Waals surface area contributed by atoms with Crippen LogP contribution in [-0.4, -0.2) is 42.0 Å². The van der Waals surface area contributed by atoms with Crippen LogP contribution in [0, 0.1) is 0 Å². The Morgan fingerprint density at radius 2 is 1.95 bits per heavy atom. The maximum absolute atomic E-state index is 12.6. The largest absolute Gasteiger partial charge is 0.480 e. The molecule has 0 radical (unpaired) electrons. The third-order valence-electron chi connectivity index (χ3n) is 2.67. The van der Waals surface area contributed by atoms with Crippen molar-refractivity contribution in [1.82, 2.24) is 10.2 Å². The lowest BCUT2D eigenvalue weighted by atomic mass is 10.1. The molecule has 0 bridgehead atoms. The van der Waals surface area contributed by atoms with Crippen molar-refractivity contribution in [3.8, 4) is 0 Å². The van der Waals surface area contributed by atoms with Gasteiger partial charge in [-0.15, -0.1) is 0 Å². The maximum atomic E-state index is 12.6. The highest BCUT2D eigenvalue weighted by Crippen LogP contribution is 2.29. The number of aliphatic carboxylic acids is 1. The summed E-state index contributed by atoms with van der Waals surface area (Å²) in [5.74, 6) is -1.57. The summed E-state index contributed by atoms with van der Waals surface area (Å²) in [6, 6.07) is 4.58.